The number of carbonyl (C=O) groups excluding carboxylic acids is 2. The Hall–Kier alpha value is -1.44. The summed E-state index contributed by atoms with van der Waals surface area (Å²) in [5.41, 5.74) is 0.552. The van der Waals surface area contributed by atoms with Crippen molar-refractivity contribution in [3.8, 4) is 0 Å². The molecule has 2 heteroatoms. The third kappa shape index (κ3) is 1.71. The minimum atomic E-state index is -0.666. The standard InChI is InChI=1S/C19H22O2/c20-16-11-6-12-19(16)17(13-7-2-1-3-8-13)14-9-4-5-10-15(14)18(19)21/h1-3,7-8,14-15,17H,4-6,9-12H2/t14-,15-,17+,19+/m1/s1. The van der Waals surface area contributed by atoms with E-state index < -0.39 is 5.41 Å². The Kier molecular flexibility index (Phi) is 3.02. The van der Waals surface area contributed by atoms with Crippen LogP contribution in [0, 0.1) is 17.3 Å². The molecular weight excluding hydrogens is 260 g/mol. The third-order valence-corrected chi connectivity index (χ3v) is 6.19. The average Bonchev–Trinajstić information content (AvgIpc) is 3.02. The van der Waals surface area contributed by atoms with Gasteiger partial charge in [-0.2, -0.15) is 0 Å². The molecule has 1 spiro atoms. The molecule has 0 radical (unpaired) electrons. The van der Waals surface area contributed by atoms with E-state index in [-0.39, 0.29) is 17.6 Å². The SMILES string of the molecule is O=C1CCC[C@]12C(=O)[C@@H]1CCCC[C@H]1[C@@H]2c1ccccc1. The summed E-state index contributed by atoms with van der Waals surface area (Å²) in [6.45, 7) is 0. The van der Waals surface area contributed by atoms with Crippen LogP contribution in [0.1, 0.15) is 56.4 Å². The fourth-order valence-corrected chi connectivity index (χ4v) is 5.41. The van der Waals surface area contributed by atoms with Gasteiger partial charge in [-0.3, -0.25) is 9.59 Å². The van der Waals surface area contributed by atoms with Crippen LogP contribution in [0.25, 0.3) is 0 Å². The predicted molar refractivity (Wildman–Crippen MR) is 80.9 cm³/mol. The van der Waals surface area contributed by atoms with Crippen LogP contribution in [-0.2, 0) is 9.59 Å². The zero-order valence-corrected chi connectivity index (χ0v) is 12.4. The highest BCUT2D eigenvalue weighted by Gasteiger charge is 2.64. The van der Waals surface area contributed by atoms with Gasteiger partial charge in [0.25, 0.3) is 0 Å². The molecule has 110 valence electrons. The zero-order chi connectivity index (χ0) is 14.4. The van der Waals surface area contributed by atoms with Crippen molar-refractivity contribution >= 4 is 11.6 Å². The Morgan fingerprint density at radius 1 is 0.952 bits per heavy atom. The van der Waals surface area contributed by atoms with Gasteiger partial charge in [0.2, 0.25) is 0 Å². The van der Waals surface area contributed by atoms with Crippen LogP contribution >= 0.6 is 0 Å². The van der Waals surface area contributed by atoms with Crippen molar-refractivity contribution in [1.29, 1.82) is 0 Å². The average molecular weight is 282 g/mol. The number of fused-ring (bicyclic) bond motifs is 1. The van der Waals surface area contributed by atoms with Gasteiger partial charge in [0.15, 0.2) is 0 Å². The van der Waals surface area contributed by atoms with Crippen molar-refractivity contribution in [2.24, 2.45) is 17.3 Å². The molecule has 1 aromatic carbocycles. The van der Waals surface area contributed by atoms with E-state index in [1.54, 1.807) is 0 Å². The number of benzene rings is 1. The van der Waals surface area contributed by atoms with Crippen molar-refractivity contribution in [2.75, 3.05) is 0 Å². The Morgan fingerprint density at radius 2 is 1.71 bits per heavy atom. The number of ketones is 2. The minimum Gasteiger partial charge on any atom is -0.299 e. The summed E-state index contributed by atoms with van der Waals surface area (Å²) in [6.07, 6.45) is 6.77. The molecule has 0 unspecified atom stereocenters. The Bertz CT molecular complexity index is 576. The van der Waals surface area contributed by atoms with E-state index in [2.05, 4.69) is 12.1 Å². The molecule has 0 N–H and O–H groups in total. The molecule has 3 saturated carbocycles. The van der Waals surface area contributed by atoms with Gasteiger partial charge in [-0.05, 0) is 37.2 Å². The monoisotopic (exact) mass is 282 g/mol. The smallest absolute Gasteiger partial charge is 0.150 e. The van der Waals surface area contributed by atoms with Gasteiger partial charge in [-0.25, -0.2) is 0 Å². The van der Waals surface area contributed by atoms with E-state index >= 15 is 0 Å². The molecule has 0 aliphatic heterocycles. The minimum absolute atomic E-state index is 0.144. The fourth-order valence-electron chi connectivity index (χ4n) is 5.41. The van der Waals surface area contributed by atoms with Gasteiger partial charge in [0.05, 0.1) is 5.41 Å². The molecule has 0 heterocycles. The molecule has 4 atom stereocenters. The predicted octanol–water partition coefficient (Wildman–Crippen LogP) is 3.90. The van der Waals surface area contributed by atoms with Crippen LogP contribution in [0.5, 0.6) is 0 Å². The van der Waals surface area contributed by atoms with Crippen molar-refractivity contribution in [2.45, 2.75) is 50.9 Å². The molecule has 2 nitrogen and oxygen atoms in total. The summed E-state index contributed by atoms with van der Waals surface area (Å²) < 4.78 is 0. The van der Waals surface area contributed by atoms with Crippen LogP contribution in [0.15, 0.2) is 30.3 Å². The Balaban J connectivity index is 1.86. The lowest BCUT2D eigenvalue weighted by Gasteiger charge is -2.32. The van der Waals surface area contributed by atoms with Crippen LogP contribution in [0.3, 0.4) is 0 Å². The molecular formula is C19H22O2. The first-order chi connectivity index (χ1) is 10.2. The van der Waals surface area contributed by atoms with Crippen molar-refractivity contribution in [3.63, 3.8) is 0 Å². The number of hydrogen-bond acceptors (Lipinski definition) is 2. The molecule has 0 aromatic heterocycles. The topological polar surface area (TPSA) is 34.1 Å². The maximum absolute atomic E-state index is 13.1. The van der Waals surface area contributed by atoms with Crippen LogP contribution in [0.4, 0.5) is 0 Å². The number of carbonyl (C=O) groups is 2. The lowest BCUT2D eigenvalue weighted by atomic mass is 9.68. The van der Waals surface area contributed by atoms with E-state index in [1.165, 1.54) is 12.0 Å². The summed E-state index contributed by atoms with van der Waals surface area (Å²) in [5, 5.41) is 0. The second kappa shape index (κ2) is 4.79. The van der Waals surface area contributed by atoms with E-state index in [9.17, 15) is 9.59 Å². The number of rotatable bonds is 1. The molecule has 3 aliphatic carbocycles. The number of Topliss-reactive ketones (excluding diaryl/α,β-unsaturated/α-hetero) is 2. The van der Waals surface area contributed by atoms with E-state index in [0.29, 0.717) is 18.1 Å². The Morgan fingerprint density at radius 3 is 2.43 bits per heavy atom. The highest BCUT2D eigenvalue weighted by Crippen LogP contribution is 2.62. The lowest BCUT2D eigenvalue weighted by molar-refractivity contribution is -0.138. The van der Waals surface area contributed by atoms with Crippen LogP contribution in [0.2, 0.25) is 0 Å². The summed E-state index contributed by atoms with van der Waals surface area (Å²) in [5.74, 6) is 1.22. The summed E-state index contributed by atoms with van der Waals surface area (Å²) in [7, 11) is 0. The summed E-state index contributed by atoms with van der Waals surface area (Å²) in [4.78, 5) is 25.9. The molecule has 3 aliphatic rings. The van der Waals surface area contributed by atoms with Gasteiger partial charge in [-0.15, -0.1) is 0 Å². The van der Waals surface area contributed by atoms with E-state index in [4.69, 9.17) is 0 Å². The molecule has 0 bridgehead atoms. The van der Waals surface area contributed by atoms with Gasteiger partial charge in [-0.1, -0.05) is 43.2 Å². The number of hydrogen-bond donors (Lipinski definition) is 0. The lowest BCUT2D eigenvalue weighted by Crippen LogP contribution is -2.37. The second-order valence-corrected chi connectivity index (χ2v) is 7.06. The van der Waals surface area contributed by atoms with E-state index in [0.717, 1.165) is 32.1 Å². The molecule has 0 amide bonds. The molecule has 21 heavy (non-hydrogen) atoms. The van der Waals surface area contributed by atoms with Crippen molar-refractivity contribution in [1.82, 2.24) is 0 Å². The van der Waals surface area contributed by atoms with Gasteiger partial charge >= 0.3 is 0 Å². The Labute approximate surface area is 125 Å². The first-order valence-electron chi connectivity index (χ1n) is 8.38. The zero-order valence-electron chi connectivity index (χ0n) is 12.4. The summed E-state index contributed by atoms with van der Waals surface area (Å²) in [6, 6.07) is 10.4. The molecule has 1 aromatic rings. The fraction of sp³-hybridized carbons (Fsp3) is 0.579. The van der Waals surface area contributed by atoms with Crippen LogP contribution < -0.4 is 0 Å². The molecule has 4 rings (SSSR count). The highest BCUT2D eigenvalue weighted by molar-refractivity contribution is 6.12. The molecule has 3 fully saturated rings. The van der Waals surface area contributed by atoms with Gasteiger partial charge in [0.1, 0.15) is 11.6 Å². The largest absolute Gasteiger partial charge is 0.299 e. The van der Waals surface area contributed by atoms with Gasteiger partial charge < -0.3 is 0 Å². The van der Waals surface area contributed by atoms with Crippen LogP contribution in [-0.4, -0.2) is 11.6 Å². The maximum Gasteiger partial charge on any atom is 0.150 e. The van der Waals surface area contributed by atoms with Crippen molar-refractivity contribution in [3.05, 3.63) is 35.9 Å². The van der Waals surface area contributed by atoms with E-state index in [1.807, 2.05) is 18.2 Å². The first-order valence-corrected chi connectivity index (χ1v) is 8.38. The van der Waals surface area contributed by atoms with Gasteiger partial charge in [0, 0.05) is 18.3 Å². The third-order valence-electron chi connectivity index (χ3n) is 6.19. The second-order valence-electron chi connectivity index (χ2n) is 7.06. The van der Waals surface area contributed by atoms with Crippen molar-refractivity contribution < 1.29 is 9.59 Å². The highest BCUT2D eigenvalue weighted by atomic mass is 16.2. The quantitative estimate of drug-likeness (QED) is 0.732. The normalized spacial score (nSPS) is 39.0. The maximum atomic E-state index is 13.1. The first kappa shape index (κ1) is 13.2. The summed E-state index contributed by atoms with van der Waals surface area (Å²) >= 11 is 0. The molecule has 0 saturated heterocycles.